The maximum absolute atomic E-state index is 12.3. The molecule has 0 bridgehead atoms. The molecule has 0 saturated carbocycles. The van der Waals surface area contributed by atoms with Gasteiger partial charge in [0.05, 0.1) is 0 Å². The Morgan fingerprint density at radius 1 is 1.23 bits per heavy atom. The van der Waals surface area contributed by atoms with E-state index in [1.165, 1.54) is 0 Å². The molecule has 30 heavy (non-hydrogen) atoms. The molecule has 1 amide bonds. The van der Waals surface area contributed by atoms with E-state index in [4.69, 9.17) is 14.5 Å². The van der Waals surface area contributed by atoms with Crippen LogP contribution in [0.3, 0.4) is 0 Å². The SMILES string of the molecule is COc1ccc(-n2nnc3cnc([As]C4CCN(C(=O)OC(C)(C)C)C4)nc32)cc1. The number of aromatic nitrogens is 5. The molecule has 10 heteroatoms. The van der Waals surface area contributed by atoms with Gasteiger partial charge in [0.2, 0.25) is 0 Å². The Bertz CT molecular complexity index is 1050. The van der Waals surface area contributed by atoms with Gasteiger partial charge in [-0.05, 0) is 0 Å². The average Bonchev–Trinajstić information content (AvgIpc) is 3.34. The number of methoxy groups -OCH3 is 1. The summed E-state index contributed by atoms with van der Waals surface area (Å²) in [5.41, 5.74) is 1.71. The van der Waals surface area contributed by atoms with Crippen molar-refractivity contribution in [1.29, 1.82) is 0 Å². The third-order valence-electron chi connectivity index (χ3n) is 4.61. The molecule has 1 saturated heterocycles. The fraction of sp³-hybridized carbons (Fsp3) is 0.450. The van der Waals surface area contributed by atoms with Gasteiger partial charge >= 0.3 is 181 Å². The Labute approximate surface area is 181 Å². The summed E-state index contributed by atoms with van der Waals surface area (Å²) >= 11 is -0.300. The van der Waals surface area contributed by atoms with Crippen molar-refractivity contribution in [2.24, 2.45) is 0 Å². The van der Waals surface area contributed by atoms with Gasteiger partial charge in [-0.25, -0.2) is 0 Å². The number of carbonyl (C=O) groups excluding carboxylic acids is 1. The minimum absolute atomic E-state index is 0.246. The van der Waals surface area contributed by atoms with E-state index >= 15 is 0 Å². The van der Waals surface area contributed by atoms with Gasteiger partial charge in [-0.1, -0.05) is 0 Å². The van der Waals surface area contributed by atoms with Crippen LogP contribution in [0, 0.1) is 0 Å². The zero-order chi connectivity index (χ0) is 21.3. The Balaban J connectivity index is 1.48. The fourth-order valence-electron chi connectivity index (χ4n) is 3.18. The molecule has 4 rings (SSSR count). The normalized spacial score (nSPS) is 17.2. The number of likely N-dealkylation sites (tertiary alicyclic amines) is 1. The summed E-state index contributed by atoms with van der Waals surface area (Å²) in [4.78, 5) is 23.3. The van der Waals surface area contributed by atoms with E-state index in [2.05, 4.69) is 15.3 Å². The van der Waals surface area contributed by atoms with E-state index in [1.54, 1.807) is 22.9 Å². The van der Waals surface area contributed by atoms with Crippen LogP contribution in [0.5, 0.6) is 5.75 Å². The maximum atomic E-state index is 12.3. The van der Waals surface area contributed by atoms with E-state index in [0.717, 1.165) is 22.5 Å². The van der Waals surface area contributed by atoms with Crippen molar-refractivity contribution in [2.75, 3.05) is 20.2 Å². The molecule has 157 valence electrons. The number of hydrogen-bond donors (Lipinski definition) is 0. The standard InChI is InChI=1S/C20H24AsN6O3/c1-20(2,3)30-19(28)26-10-9-13(12-26)21-18-22-11-16-17(23-18)27(25-24-16)14-5-7-15(29-4)8-6-14/h5-8,11,13H,9-10,12H2,1-4H3. The van der Waals surface area contributed by atoms with Crippen molar-refractivity contribution in [2.45, 2.75) is 37.5 Å². The van der Waals surface area contributed by atoms with Gasteiger partial charge in [0, 0.05) is 0 Å². The van der Waals surface area contributed by atoms with E-state index in [9.17, 15) is 4.79 Å². The van der Waals surface area contributed by atoms with E-state index < -0.39 is 5.60 Å². The monoisotopic (exact) mass is 471 g/mol. The van der Waals surface area contributed by atoms with Crippen molar-refractivity contribution >= 4 is 37.6 Å². The van der Waals surface area contributed by atoms with E-state index in [-0.39, 0.29) is 21.8 Å². The summed E-state index contributed by atoms with van der Waals surface area (Å²) < 4.78 is 13.6. The van der Waals surface area contributed by atoms with Gasteiger partial charge in [-0.15, -0.1) is 0 Å². The summed E-state index contributed by atoms with van der Waals surface area (Å²) in [5, 5.41) is 8.41. The number of fused-ring (bicyclic) bond motifs is 1. The summed E-state index contributed by atoms with van der Waals surface area (Å²) in [7, 11) is 1.63. The van der Waals surface area contributed by atoms with Gasteiger partial charge in [0.1, 0.15) is 0 Å². The second kappa shape index (κ2) is 8.22. The fourth-order valence-corrected chi connectivity index (χ4v) is 5.55. The van der Waals surface area contributed by atoms with Gasteiger partial charge in [0.15, 0.2) is 0 Å². The van der Waals surface area contributed by atoms with Gasteiger partial charge in [0.25, 0.3) is 0 Å². The molecule has 0 spiro atoms. The quantitative estimate of drug-likeness (QED) is 0.537. The summed E-state index contributed by atoms with van der Waals surface area (Å²) in [6.45, 7) is 7.04. The van der Waals surface area contributed by atoms with E-state index in [0.29, 0.717) is 29.0 Å². The minimum atomic E-state index is -0.482. The molecule has 1 radical (unpaired) electrons. The number of amides is 1. The number of nitrogens with zero attached hydrogens (tertiary/aromatic N) is 6. The Morgan fingerprint density at radius 3 is 2.70 bits per heavy atom. The molecule has 2 aromatic heterocycles. The predicted molar refractivity (Wildman–Crippen MR) is 113 cm³/mol. The Kier molecular flexibility index (Phi) is 5.64. The molecule has 1 aliphatic heterocycles. The molecule has 0 N–H and O–H groups in total. The van der Waals surface area contributed by atoms with Gasteiger partial charge in [-0.2, -0.15) is 0 Å². The summed E-state index contributed by atoms with van der Waals surface area (Å²) in [6, 6.07) is 7.58. The van der Waals surface area contributed by atoms with Crippen LogP contribution in [-0.2, 0) is 4.74 Å². The third kappa shape index (κ3) is 4.56. The molecule has 1 atom stereocenters. The number of carbonyl (C=O) groups is 1. The Hall–Kier alpha value is -2.67. The second-order valence-electron chi connectivity index (χ2n) is 8.08. The van der Waals surface area contributed by atoms with Crippen LogP contribution in [0.25, 0.3) is 16.9 Å². The molecule has 1 aliphatic rings. The van der Waals surface area contributed by atoms with E-state index in [1.807, 2.05) is 45.0 Å². The zero-order valence-corrected chi connectivity index (χ0v) is 19.3. The van der Waals surface area contributed by atoms with Crippen molar-refractivity contribution in [3.05, 3.63) is 30.5 Å². The van der Waals surface area contributed by atoms with Crippen LogP contribution in [0.2, 0.25) is 4.71 Å². The van der Waals surface area contributed by atoms with Crippen molar-refractivity contribution < 1.29 is 14.3 Å². The number of benzene rings is 1. The molecule has 1 aromatic carbocycles. The topological polar surface area (TPSA) is 95.3 Å². The first-order valence-corrected chi connectivity index (χ1v) is 11.8. The van der Waals surface area contributed by atoms with Crippen LogP contribution in [0.15, 0.2) is 30.5 Å². The first kappa shape index (κ1) is 20.6. The van der Waals surface area contributed by atoms with Crippen LogP contribution in [0.1, 0.15) is 27.2 Å². The summed E-state index contributed by atoms with van der Waals surface area (Å²) in [5.74, 6) is 0.777. The van der Waals surface area contributed by atoms with Crippen LogP contribution in [0.4, 0.5) is 4.79 Å². The van der Waals surface area contributed by atoms with Crippen LogP contribution >= 0.6 is 0 Å². The molecule has 0 aliphatic carbocycles. The van der Waals surface area contributed by atoms with Crippen LogP contribution < -0.4 is 9.35 Å². The van der Waals surface area contributed by atoms with Gasteiger partial charge < -0.3 is 0 Å². The van der Waals surface area contributed by atoms with Crippen molar-refractivity contribution in [1.82, 2.24) is 29.9 Å². The predicted octanol–water partition coefficient (Wildman–Crippen LogP) is 1.98. The Morgan fingerprint density at radius 2 is 2.00 bits per heavy atom. The number of hydrogen-bond acceptors (Lipinski definition) is 7. The molecule has 3 heterocycles. The molecule has 3 aromatic rings. The molecular formula is C20H24AsN6O3. The zero-order valence-electron chi connectivity index (χ0n) is 17.4. The first-order valence-electron chi connectivity index (χ1n) is 9.74. The van der Waals surface area contributed by atoms with Crippen LogP contribution in [-0.4, -0.2) is 77.5 Å². The number of ether oxygens (including phenoxy) is 2. The third-order valence-corrected chi connectivity index (χ3v) is 7.20. The molecule has 9 nitrogen and oxygen atoms in total. The second-order valence-corrected chi connectivity index (χ2v) is 11.0. The molecule has 1 unspecified atom stereocenters. The first-order chi connectivity index (χ1) is 14.3. The summed E-state index contributed by atoms with van der Waals surface area (Å²) in [6.07, 6.45) is 2.42. The molecule has 1 fully saturated rings. The number of rotatable bonds is 4. The molecular weight excluding hydrogens is 447 g/mol. The average molecular weight is 471 g/mol. The van der Waals surface area contributed by atoms with Crippen molar-refractivity contribution in [3.63, 3.8) is 0 Å². The van der Waals surface area contributed by atoms with Crippen molar-refractivity contribution in [3.8, 4) is 11.4 Å². The van der Waals surface area contributed by atoms with Gasteiger partial charge in [-0.3, -0.25) is 0 Å².